The Hall–Kier alpha value is -0.620. The highest BCUT2D eigenvalue weighted by molar-refractivity contribution is 9.10. The third-order valence-corrected chi connectivity index (χ3v) is 3.06. The molecule has 0 aliphatic rings. The van der Waals surface area contributed by atoms with Crippen molar-refractivity contribution in [2.24, 2.45) is 0 Å². The monoisotopic (exact) mass is 304 g/mol. The number of hydrogen-bond acceptors (Lipinski definition) is 5. The Morgan fingerprint density at radius 3 is 2.75 bits per heavy atom. The van der Waals surface area contributed by atoms with Crippen LogP contribution >= 0.6 is 27.7 Å². The van der Waals surface area contributed by atoms with E-state index in [0.29, 0.717) is 18.2 Å². The number of rotatable bonds is 5. The van der Waals surface area contributed by atoms with Gasteiger partial charge < -0.3 is 4.74 Å². The lowest BCUT2D eigenvalue weighted by Gasteiger charge is -2.08. The minimum Gasteiger partial charge on any atom is -0.466 e. The summed E-state index contributed by atoms with van der Waals surface area (Å²) < 4.78 is 5.71. The molecule has 88 valence electrons. The molecule has 0 amide bonds. The van der Waals surface area contributed by atoms with Gasteiger partial charge in [0.2, 0.25) is 0 Å². The maximum Gasteiger partial charge on any atom is 0.306 e. The van der Waals surface area contributed by atoms with Gasteiger partial charge >= 0.3 is 5.97 Å². The predicted molar refractivity (Wildman–Crippen MR) is 66.3 cm³/mol. The lowest BCUT2D eigenvalue weighted by molar-refractivity contribution is -0.142. The first-order valence-corrected chi connectivity index (χ1v) is 6.59. The van der Waals surface area contributed by atoms with Crippen molar-refractivity contribution >= 4 is 33.7 Å². The molecule has 1 atom stereocenters. The standard InChI is InChI=1S/C10H13BrN2O2S/c1-3-15-9(14)4-7(2)16-10-12-5-8(11)6-13-10/h5-7H,3-4H2,1-2H3. The Kier molecular flexibility index (Phi) is 5.76. The predicted octanol–water partition coefficient (Wildman–Crippen LogP) is 2.67. The van der Waals surface area contributed by atoms with E-state index in [1.54, 1.807) is 19.3 Å². The van der Waals surface area contributed by atoms with Gasteiger partial charge in [-0.05, 0) is 22.9 Å². The number of thioether (sulfide) groups is 1. The van der Waals surface area contributed by atoms with E-state index >= 15 is 0 Å². The minimum atomic E-state index is -0.181. The highest BCUT2D eigenvalue weighted by atomic mass is 79.9. The first-order chi connectivity index (χ1) is 7.61. The zero-order valence-corrected chi connectivity index (χ0v) is 11.5. The van der Waals surface area contributed by atoms with E-state index in [1.165, 1.54) is 11.8 Å². The fraction of sp³-hybridized carbons (Fsp3) is 0.500. The highest BCUT2D eigenvalue weighted by Crippen LogP contribution is 2.22. The normalized spacial score (nSPS) is 12.2. The largest absolute Gasteiger partial charge is 0.466 e. The van der Waals surface area contributed by atoms with E-state index < -0.39 is 0 Å². The summed E-state index contributed by atoms with van der Waals surface area (Å²) in [4.78, 5) is 19.5. The number of halogens is 1. The van der Waals surface area contributed by atoms with Gasteiger partial charge in [-0.3, -0.25) is 4.79 Å². The molecule has 0 aliphatic carbocycles. The SMILES string of the molecule is CCOC(=O)CC(C)Sc1ncc(Br)cn1. The maximum absolute atomic E-state index is 11.2. The topological polar surface area (TPSA) is 52.1 Å². The van der Waals surface area contributed by atoms with Crippen molar-refractivity contribution in [2.75, 3.05) is 6.61 Å². The fourth-order valence-electron chi connectivity index (χ4n) is 1.04. The number of aromatic nitrogens is 2. The van der Waals surface area contributed by atoms with Gasteiger partial charge in [0.1, 0.15) is 0 Å². The summed E-state index contributed by atoms with van der Waals surface area (Å²) >= 11 is 4.73. The number of carbonyl (C=O) groups excluding carboxylic acids is 1. The minimum absolute atomic E-state index is 0.111. The molecule has 0 aromatic carbocycles. The van der Waals surface area contributed by atoms with Crippen LogP contribution in [0.4, 0.5) is 0 Å². The van der Waals surface area contributed by atoms with Gasteiger partial charge in [-0.15, -0.1) is 0 Å². The van der Waals surface area contributed by atoms with Gasteiger partial charge in [0, 0.05) is 17.6 Å². The molecule has 16 heavy (non-hydrogen) atoms. The molecule has 0 aliphatic heterocycles. The molecule has 1 aromatic rings. The molecule has 0 saturated heterocycles. The van der Waals surface area contributed by atoms with Crippen LogP contribution in [-0.2, 0) is 9.53 Å². The summed E-state index contributed by atoms with van der Waals surface area (Å²) in [5, 5.41) is 0.778. The summed E-state index contributed by atoms with van der Waals surface area (Å²) in [7, 11) is 0. The zero-order valence-electron chi connectivity index (χ0n) is 9.14. The molecular weight excluding hydrogens is 292 g/mol. The molecule has 0 spiro atoms. The van der Waals surface area contributed by atoms with Crippen molar-refractivity contribution in [1.82, 2.24) is 9.97 Å². The first kappa shape index (κ1) is 13.4. The van der Waals surface area contributed by atoms with Crippen LogP contribution in [0.25, 0.3) is 0 Å². The molecule has 1 heterocycles. The third kappa shape index (κ3) is 4.94. The number of carbonyl (C=O) groups is 1. The molecule has 4 nitrogen and oxygen atoms in total. The molecule has 0 fully saturated rings. The summed E-state index contributed by atoms with van der Waals surface area (Å²) in [6.45, 7) is 4.17. The molecule has 1 aromatic heterocycles. The fourth-order valence-corrected chi connectivity index (χ4v) is 2.05. The van der Waals surface area contributed by atoms with E-state index in [4.69, 9.17) is 4.74 Å². The second-order valence-corrected chi connectivity index (χ2v) is 5.44. The average Bonchev–Trinajstić information content (AvgIpc) is 2.21. The van der Waals surface area contributed by atoms with Gasteiger partial charge in [-0.2, -0.15) is 0 Å². The van der Waals surface area contributed by atoms with Crippen LogP contribution in [0.15, 0.2) is 22.0 Å². The van der Waals surface area contributed by atoms with Gasteiger partial charge in [-0.25, -0.2) is 9.97 Å². The second kappa shape index (κ2) is 6.85. The van der Waals surface area contributed by atoms with E-state index in [2.05, 4.69) is 25.9 Å². The van der Waals surface area contributed by atoms with Crippen LogP contribution in [0.1, 0.15) is 20.3 Å². The van der Waals surface area contributed by atoms with Crippen LogP contribution in [0.2, 0.25) is 0 Å². The Morgan fingerprint density at radius 1 is 1.56 bits per heavy atom. The molecule has 6 heteroatoms. The highest BCUT2D eigenvalue weighted by Gasteiger charge is 2.12. The molecule has 0 saturated carbocycles. The Bertz CT molecular complexity index is 345. The van der Waals surface area contributed by atoms with Crippen LogP contribution in [0.5, 0.6) is 0 Å². The summed E-state index contributed by atoms with van der Waals surface area (Å²) in [6, 6.07) is 0. The van der Waals surface area contributed by atoms with E-state index in [-0.39, 0.29) is 11.2 Å². The number of hydrogen-bond donors (Lipinski definition) is 0. The Balaban J connectivity index is 2.42. The van der Waals surface area contributed by atoms with Crippen LogP contribution in [0.3, 0.4) is 0 Å². The molecule has 0 N–H and O–H groups in total. The summed E-state index contributed by atoms with van der Waals surface area (Å²) in [5.41, 5.74) is 0. The molecule has 1 rings (SSSR count). The van der Waals surface area contributed by atoms with Crippen LogP contribution in [-0.4, -0.2) is 27.8 Å². The summed E-state index contributed by atoms with van der Waals surface area (Å²) in [5.74, 6) is -0.181. The molecular formula is C10H13BrN2O2S. The molecule has 0 radical (unpaired) electrons. The van der Waals surface area contributed by atoms with Gasteiger partial charge in [0.15, 0.2) is 5.16 Å². The summed E-state index contributed by atoms with van der Waals surface area (Å²) in [6.07, 6.45) is 3.75. The van der Waals surface area contributed by atoms with Crippen molar-refractivity contribution in [2.45, 2.75) is 30.7 Å². The van der Waals surface area contributed by atoms with Gasteiger partial charge in [0.05, 0.1) is 17.5 Å². The average molecular weight is 305 g/mol. The molecule has 0 bridgehead atoms. The van der Waals surface area contributed by atoms with Crippen molar-refractivity contribution in [1.29, 1.82) is 0 Å². The van der Waals surface area contributed by atoms with Gasteiger partial charge in [-0.1, -0.05) is 18.7 Å². The maximum atomic E-state index is 11.2. The first-order valence-electron chi connectivity index (χ1n) is 4.91. The number of esters is 1. The van der Waals surface area contributed by atoms with E-state index in [9.17, 15) is 4.79 Å². The van der Waals surface area contributed by atoms with E-state index in [0.717, 1.165) is 4.47 Å². The third-order valence-electron chi connectivity index (χ3n) is 1.66. The van der Waals surface area contributed by atoms with Crippen molar-refractivity contribution in [3.63, 3.8) is 0 Å². The second-order valence-electron chi connectivity index (χ2n) is 3.12. The number of ether oxygens (including phenoxy) is 1. The smallest absolute Gasteiger partial charge is 0.306 e. The number of nitrogens with zero attached hydrogens (tertiary/aromatic N) is 2. The van der Waals surface area contributed by atoms with E-state index in [1.807, 2.05) is 6.92 Å². The van der Waals surface area contributed by atoms with Gasteiger partial charge in [0.25, 0.3) is 0 Å². The van der Waals surface area contributed by atoms with Crippen molar-refractivity contribution < 1.29 is 9.53 Å². The Morgan fingerprint density at radius 2 is 2.19 bits per heavy atom. The van der Waals surface area contributed by atoms with Crippen molar-refractivity contribution in [3.8, 4) is 0 Å². The van der Waals surface area contributed by atoms with Crippen molar-refractivity contribution in [3.05, 3.63) is 16.9 Å². The molecule has 1 unspecified atom stereocenters. The zero-order chi connectivity index (χ0) is 12.0. The van der Waals surface area contributed by atoms with Crippen LogP contribution in [0, 0.1) is 0 Å². The Labute approximate surface area is 107 Å². The lowest BCUT2D eigenvalue weighted by atomic mass is 10.3. The lowest BCUT2D eigenvalue weighted by Crippen LogP contribution is -2.10. The van der Waals surface area contributed by atoms with Crippen LogP contribution < -0.4 is 0 Å². The quantitative estimate of drug-likeness (QED) is 0.475.